The molecular weight excluding hydrogens is 564 g/mol. The van der Waals surface area contributed by atoms with Crippen LogP contribution in [-0.2, 0) is 0 Å². The highest BCUT2D eigenvalue weighted by molar-refractivity contribution is 5.88. The van der Waals surface area contributed by atoms with Gasteiger partial charge in [-0.15, -0.1) is 0 Å². The van der Waals surface area contributed by atoms with Crippen LogP contribution in [0.1, 0.15) is 0 Å². The Kier molecular flexibility index (Phi) is 7.99. The summed E-state index contributed by atoms with van der Waals surface area (Å²) < 4.78 is 0. The minimum atomic E-state index is 1.03. The molecule has 0 saturated heterocycles. The summed E-state index contributed by atoms with van der Waals surface area (Å²) in [6, 6.07) is 38.6. The Bertz CT molecular complexity index is 1810. The van der Waals surface area contributed by atoms with E-state index in [0.717, 1.165) is 67.3 Å². The smallest absolute Gasteiger partial charge is 0.0473 e. The van der Waals surface area contributed by atoms with Crippen LogP contribution in [0.15, 0.2) is 159 Å². The van der Waals surface area contributed by atoms with E-state index in [9.17, 15) is 0 Å². The Hall–Kier alpha value is -6.14. The van der Waals surface area contributed by atoms with Gasteiger partial charge in [0.05, 0.1) is 0 Å². The van der Waals surface area contributed by atoms with Crippen molar-refractivity contribution in [1.82, 2.24) is 19.9 Å². The average Bonchev–Trinajstić information content (AvgIpc) is 3.13. The number of aromatic nitrogens is 4. The van der Waals surface area contributed by atoms with E-state index in [2.05, 4.69) is 153 Å². The zero-order valence-electron chi connectivity index (χ0n) is 25.7. The molecule has 4 aromatic heterocycles. The molecule has 6 nitrogen and oxygen atoms in total. The summed E-state index contributed by atoms with van der Waals surface area (Å²) in [5.41, 5.74) is 13.0. The van der Waals surface area contributed by atoms with Gasteiger partial charge in [0.25, 0.3) is 0 Å². The maximum absolute atomic E-state index is 4.27. The minimum absolute atomic E-state index is 1.03. The van der Waals surface area contributed by atoms with E-state index in [1.165, 1.54) is 0 Å². The summed E-state index contributed by atoms with van der Waals surface area (Å²) in [4.78, 5) is 21.5. The number of anilines is 4. The normalized spacial score (nSPS) is 10.8. The van der Waals surface area contributed by atoms with Crippen molar-refractivity contribution in [3.8, 4) is 44.5 Å². The molecule has 0 fully saturated rings. The lowest BCUT2D eigenvalue weighted by atomic mass is 9.96. The number of nitrogens with zero attached hydrogens (tertiary/aromatic N) is 6. The van der Waals surface area contributed by atoms with E-state index in [1.807, 2.05) is 49.6 Å². The third kappa shape index (κ3) is 6.10. The summed E-state index contributed by atoms with van der Waals surface area (Å²) in [5, 5.41) is 0. The van der Waals surface area contributed by atoms with Gasteiger partial charge < -0.3 is 9.80 Å². The Morgan fingerprint density at radius 3 is 0.870 bits per heavy atom. The second-order valence-electron chi connectivity index (χ2n) is 11.2. The van der Waals surface area contributed by atoms with Crippen molar-refractivity contribution < 1.29 is 0 Å². The van der Waals surface area contributed by atoms with Gasteiger partial charge in [-0.25, -0.2) is 0 Å². The molecule has 7 aromatic rings. The highest BCUT2D eigenvalue weighted by Crippen LogP contribution is 2.42. The summed E-state index contributed by atoms with van der Waals surface area (Å²) in [6.07, 6.45) is 14.7. The second-order valence-corrected chi connectivity index (χ2v) is 11.2. The summed E-state index contributed by atoms with van der Waals surface area (Å²) >= 11 is 0. The van der Waals surface area contributed by atoms with Crippen molar-refractivity contribution in [2.24, 2.45) is 0 Å². The molecule has 0 aliphatic rings. The van der Waals surface area contributed by atoms with Gasteiger partial charge in [0, 0.05) is 86.4 Å². The van der Waals surface area contributed by atoms with Crippen molar-refractivity contribution in [1.29, 1.82) is 0 Å². The lowest BCUT2D eigenvalue weighted by Gasteiger charge is -2.28. The quantitative estimate of drug-likeness (QED) is 0.174. The van der Waals surface area contributed by atoms with Gasteiger partial charge in [-0.2, -0.15) is 0 Å². The van der Waals surface area contributed by atoms with Crippen LogP contribution < -0.4 is 9.80 Å². The first kappa shape index (κ1) is 28.6. The van der Waals surface area contributed by atoms with Crippen molar-refractivity contribution in [2.45, 2.75) is 0 Å². The van der Waals surface area contributed by atoms with Crippen LogP contribution in [-0.4, -0.2) is 34.0 Å². The molecule has 0 bridgehead atoms. The molecule has 0 amide bonds. The van der Waals surface area contributed by atoms with Gasteiger partial charge in [-0.1, -0.05) is 0 Å². The van der Waals surface area contributed by atoms with Gasteiger partial charge in [0.15, 0.2) is 0 Å². The molecular formula is C40H32N6. The van der Waals surface area contributed by atoms with E-state index >= 15 is 0 Å². The highest BCUT2D eigenvalue weighted by atomic mass is 15.1. The van der Waals surface area contributed by atoms with E-state index in [-0.39, 0.29) is 0 Å². The van der Waals surface area contributed by atoms with Crippen molar-refractivity contribution in [3.05, 3.63) is 159 Å². The first-order valence-electron chi connectivity index (χ1n) is 15.1. The molecule has 0 N–H and O–H groups in total. The van der Waals surface area contributed by atoms with E-state index in [0.29, 0.717) is 0 Å². The van der Waals surface area contributed by atoms with Gasteiger partial charge in [0.2, 0.25) is 0 Å². The van der Waals surface area contributed by atoms with Crippen molar-refractivity contribution in [2.75, 3.05) is 23.9 Å². The number of benzene rings is 3. The molecule has 0 spiro atoms. The van der Waals surface area contributed by atoms with Gasteiger partial charge in [0.1, 0.15) is 0 Å². The molecule has 0 saturated carbocycles. The molecule has 0 aliphatic heterocycles. The molecule has 222 valence electrons. The van der Waals surface area contributed by atoms with Crippen LogP contribution in [0.5, 0.6) is 0 Å². The predicted octanol–water partition coefficient (Wildman–Crippen LogP) is 9.47. The largest absolute Gasteiger partial charge is 0.378 e. The molecule has 0 aliphatic carbocycles. The van der Waals surface area contributed by atoms with Crippen molar-refractivity contribution in [3.63, 3.8) is 0 Å². The standard InChI is InChI=1S/C40H32N6/c1-45(2)37-3-5-38(6-4-37)46(39-25-33(29-7-15-41-16-8-29)23-34(26-39)30-9-17-42-18-10-30)40-27-35(31-11-19-43-20-12-31)24-36(28-40)32-13-21-44-22-14-32/h3-28H,1-2H3. The molecule has 0 atom stereocenters. The summed E-state index contributed by atoms with van der Waals surface area (Å²) in [6.45, 7) is 0. The fourth-order valence-electron chi connectivity index (χ4n) is 5.67. The third-order valence-corrected chi connectivity index (χ3v) is 8.03. The number of rotatable bonds is 8. The Balaban J connectivity index is 1.50. The Labute approximate surface area is 269 Å². The topological polar surface area (TPSA) is 58.0 Å². The SMILES string of the molecule is CN(C)c1ccc(N(c2cc(-c3ccncc3)cc(-c3ccncc3)c2)c2cc(-c3ccncc3)cc(-c3ccncc3)c2)cc1. The highest BCUT2D eigenvalue weighted by Gasteiger charge is 2.18. The maximum Gasteiger partial charge on any atom is 0.0473 e. The number of hydrogen-bond acceptors (Lipinski definition) is 6. The van der Waals surface area contributed by atoms with Crippen LogP contribution in [0, 0.1) is 0 Å². The average molecular weight is 597 g/mol. The molecule has 46 heavy (non-hydrogen) atoms. The van der Waals surface area contributed by atoms with Crippen molar-refractivity contribution >= 4 is 22.7 Å². The molecule has 7 rings (SSSR count). The molecule has 0 radical (unpaired) electrons. The molecule has 3 aromatic carbocycles. The monoisotopic (exact) mass is 596 g/mol. The fourth-order valence-corrected chi connectivity index (χ4v) is 5.67. The van der Waals surface area contributed by atoms with Crippen LogP contribution in [0.4, 0.5) is 22.7 Å². The van der Waals surface area contributed by atoms with E-state index in [1.54, 1.807) is 0 Å². The first-order valence-corrected chi connectivity index (χ1v) is 15.1. The molecule has 0 unspecified atom stereocenters. The zero-order chi connectivity index (χ0) is 31.3. The van der Waals surface area contributed by atoms with E-state index in [4.69, 9.17) is 0 Å². The first-order chi connectivity index (χ1) is 22.6. The molecule has 6 heteroatoms. The number of hydrogen-bond donors (Lipinski definition) is 0. The lowest BCUT2D eigenvalue weighted by Crippen LogP contribution is -2.12. The van der Waals surface area contributed by atoms with Crippen LogP contribution in [0.25, 0.3) is 44.5 Å². The Morgan fingerprint density at radius 2 is 0.587 bits per heavy atom. The third-order valence-electron chi connectivity index (χ3n) is 8.03. The minimum Gasteiger partial charge on any atom is -0.378 e. The van der Waals surface area contributed by atoms with Crippen LogP contribution >= 0.6 is 0 Å². The van der Waals surface area contributed by atoms with Gasteiger partial charge in [-0.3, -0.25) is 19.9 Å². The maximum atomic E-state index is 4.27. The number of pyridine rings is 4. The fraction of sp³-hybridized carbons (Fsp3) is 0.0500. The van der Waals surface area contributed by atoms with Gasteiger partial charge >= 0.3 is 0 Å². The molecule has 4 heterocycles. The second kappa shape index (κ2) is 12.8. The summed E-state index contributed by atoms with van der Waals surface area (Å²) in [7, 11) is 4.12. The van der Waals surface area contributed by atoms with Gasteiger partial charge in [-0.05, 0) is 154 Å². The van der Waals surface area contributed by atoms with E-state index < -0.39 is 0 Å². The summed E-state index contributed by atoms with van der Waals surface area (Å²) in [5.74, 6) is 0. The van der Waals surface area contributed by atoms with Crippen LogP contribution in [0.3, 0.4) is 0 Å². The van der Waals surface area contributed by atoms with Crippen LogP contribution in [0.2, 0.25) is 0 Å². The lowest BCUT2D eigenvalue weighted by molar-refractivity contribution is 1.13. The zero-order valence-corrected chi connectivity index (χ0v) is 25.7. The predicted molar refractivity (Wildman–Crippen MR) is 188 cm³/mol. The Morgan fingerprint density at radius 1 is 0.304 bits per heavy atom.